The number of nitrogens with zero attached hydrogens (tertiary/aromatic N) is 4. The Bertz CT molecular complexity index is 752. The fourth-order valence-corrected chi connectivity index (χ4v) is 4.16. The third kappa shape index (κ3) is 1.91. The number of thioether (sulfide) groups is 1. The Kier molecular flexibility index (Phi) is 3.54. The van der Waals surface area contributed by atoms with Crippen molar-refractivity contribution >= 4 is 11.8 Å². The lowest BCUT2D eigenvalue weighted by molar-refractivity contribution is -0.124. The maximum absolute atomic E-state index is 12.0. The highest BCUT2D eigenvalue weighted by Gasteiger charge is 2.67. The lowest BCUT2D eigenvalue weighted by Crippen LogP contribution is -2.54. The van der Waals surface area contributed by atoms with Gasteiger partial charge in [0.25, 0.3) is 5.56 Å². The zero-order chi connectivity index (χ0) is 16.0. The van der Waals surface area contributed by atoms with Crippen molar-refractivity contribution in [1.82, 2.24) is 9.55 Å². The van der Waals surface area contributed by atoms with Gasteiger partial charge in [0.05, 0.1) is 11.4 Å². The molecule has 22 heavy (non-hydrogen) atoms. The summed E-state index contributed by atoms with van der Waals surface area (Å²) in [5.41, 5.74) is 5.56. The van der Waals surface area contributed by atoms with Gasteiger partial charge in [0.2, 0.25) is 0 Å². The molecule has 3 N–H and O–H groups in total. The number of aliphatic hydroxyl groups excluding tert-OH is 2. The van der Waals surface area contributed by atoms with Crippen LogP contribution in [0.3, 0.4) is 0 Å². The summed E-state index contributed by atoms with van der Waals surface area (Å²) in [6, 6.07) is 1.15. The molecule has 3 rings (SSSR count). The third-order valence-electron chi connectivity index (χ3n) is 4.03. The molecule has 1 spiro atoms. The molecule has 0 saturated carbocycles. The Morgan fingerprint density at radius 1 is 1.64 bits per heavy atom. The number of ether oxygens (including phenoxy) is 1. The summed E-state index contributed by atoms with van der Waals surface area (Å²) in [6.07, 6.45) is -0.493. The second-order valence-electron chi connectivity index (χ2n) is 5.14. The van der Waals surface area contributed by atoms with Crippen molar-refractivity contribution < 1.29 is 14.9 Å². The van der Waals surface area contributed by atoms with Crippen LogP contribution in [0.5, 0.6) is 0 Å². The average molecular weight is 327 g/mol. The van der Waals surface area contributed by atoms with E-state index < -0.39 is 40.7 Å². The van der Waals surface area contributed by atoms with Crippen molar-refractivity contribution in [3.05, 3.63) is 43.5 Å². The summed E-state index contributed by atoms with van der Waals surface area (Å²) in [4.78, 5) is 27.9. The van der Waals surface area contributed by atoms with Crippen molar-refractivity contribution in [3.8, 4) is 0 Å². The molecule has 0 radical (unpaired) electrons. The normalized spacial score (nSPS) is 36.8. The van der Waals surface area contributed by atoms with Crippen LogP contribution >= 0.6 is 11.8 Å². The summed E-state index contributed by atoms with van der Waals surface area (Å²) >= 11 is 1.36. The number of azide groups is 1. The number of rotatable bonds is 3. The van der Waals surface area contributed by atoms with E-state index in [9.17, 15) is 19.8 Å². The topological polar surface area (TPSA) is 153 Å². The Morgan fingerprint density at radius 3 is 2.86 bits per heavy atom. The van der Waals surface area contributed by atoms with Gasteiger partial charge in [-0.2, -0.15) is 0 Å². The van der Waals surface area contributed by atoms with Gasteiger partial charge in [-0.05, 0) is 17.7 Å². The quantitative estimate of drug-likeness (QED) is 0.379. The molecular weight excluding hydrogens is 314 g/mol. The van der Waals surface area contributed by atoms with Gasteiger partial charge in [0, 0.05) is 17.2 Å². The highest BCUT2D eigenvalue weighted by atomic mass is 32.2. The Hall–Kier alpha value is -1.78. The number of hydrogen-bond acceptors (Lipinski definition) is 7. The molecular formula is C11H13N5O5S. The zero-order valence-electron chi connectivity index (χ0n) is 11.2. The van der Waals surface area contributed by atoms with Gasteiger partial charge < -0.3 is 14.9 Å². The minimum atomic E-state index is -1.86. The standard InChI is InChI=1S/C11H13N5O5S/c12-15-14-11(5-17)7(19)10(2-4-22-10)8(21-11)16-3-1-6(18)13-9(16)20/h1,3,7-8,17,19H,2,4-5H2,(H,13,18,20)/t7-,8+,10+,11?/m0/s1. The van der Waals surface area contributed by atoms with E-state index in [2.05, 4.69) is 15.0 Å². The highest BCUT2D eigenvalue weighted by molar-refractivity contribution is 8.02. The number of aromatic nitrogens is 2. The maximum atomic E-state index is 12.0. The van der Waals surface area contributed by atoms with E-state index in [1.807, 2.05) is 0 Å². The first-order chi connectivity index (χ1) is 10.5. The highest BCUT2D eigenvalue weighted by Crippen LogP contribution is 2.59. The minimum absolute atomic E-state index is 0.512. The number of hydrogen-bond donors (Lipinski definition) is 3. The van der Waals surface area contributed by atoms with Crippen LogP contribution in [-0.2, 0) is 4.74 Å². The molecule has 0 bridgehead atoms. The van der Waals surface area contributed by atoms with Crippen LogP contribution in [0.15, 0.2) is 27.0 Å². The first kappa shape index (κ1) is 15.1. The summed E-state index contributed by atoms with van der Waals surface area (Å²) in [7, 11) is 0. The van der Waals surface area contributed by atoms with E-state index >= 15 is 0 Å². The number of aromatic amines is 1. The molecule has 0 aromatic carbocycles. The van der Waals surface area contributed by atoms with Crippen LogP contribution in [-0.4, -0.2) is 48.7 Å². The van der Waals surface area contributed by atoms with Crippen LogP contribution in [0.4, 0.5) is 0 Å². The molecule has 2 saturated heterocycles. The van der Waals surface area contributed by atoms with Gasteiger partial charge in [-0.3, -0.25) is 14.3 Å². The Labute approximate surface area is 127 Å². The smallest absolute Gasteiger partial charge is 0.330 e. The molecule has 2 aliphatic heterocycles. The summed E-state index contributed by atoms with van der Waals surface area (Å²) in [5.74, 6) is 0.729. The van der Waals surface area contributed by atoms with Crippen LogP contribution in [0, 0.1) is 0 Å². The van der Waals surface area contributed by atoms with E-state index in [0.717, 1.165) is 16.4 Å². The monoisotopic (exact) mass is 327 g/mol. The fraction of sp³-hybridized carbons (Fsp3) is 0.636. The summed E-state index contributed by atoms with van der Waals surface area (Å²) < 4.78 is 5.82. The minimum Gasteiger partial charge on any atom is -0.393 e. The van der Waals surface area contributed by atoms with Gasteiger partial charge in [0.1, 0.15) is 6.10 Å². The predicted molar refractivity (Wildman–Crippen MR) is 76.2 cm³/mol. The van der Waals surface area contributed by atoms with Crippen molar-refractivity contribution in [2.24, 2.45) is 5.11 Å². The molecule has 2 fully saturated rings. The lowest BCUT2D eigenvalue weighted by Gasteiger charge is -2.43. The first-order valence-electron chi connectivity index (χ1n) is 6.47. The van der Waals surface area contributed by atoms with E-state index in [-0.39, 0.29) is 0 Å². The van der Waals surface area contributed by atoms with E-state index in [1.54, 1.807) is 0 Å². The SMILES string of the molecule is [N-]=[N+]=NC1(CO)O[C@@H](n2ccc(=O)[nH]c2=O)[C@@]2(CCS2)[C@@H]1O. The van der Waals surface area contributed by atoms with Crippen LogP contribution < -0.4 is 11.2 Å². The molecule has 3 heterocycles. The third-order valence-corrected chi connectivity index (χ3v) is 5.61. The molecule has 10 nitrogen and oxygen atoms in total. The van der Waals surface area contributed by atoms with Gasteiger partial charge in [-0.1, -0.05) is 5.11 Å². The predicted octanol–water partition coefficient (Wildman–Crippen LogP) is -0.699. The Morgan fingerprint density at radius 2 is 2.36 bits per heavy atom. The van der Waals surface area contributed by atoms with Gasteiger partial charge in [0.15, 0.2) is 12.0 Å². The van der Waals surface area contributed by atoms with Crippen LogP contribution in [0.2, 0.25) is 0 Å². The lowest BCUT2D eigenvalue weighted by atomic mass is 9.91. The molecule has 1 unspecified atom stereocenters. The molecule has 2 aliphatic rings. The molecule has 1 aromatic heterocycles. The maximum Gasteiger partial charge on any atom is 0.330 e. The van der Waals surface area contributed by atoms with E-state index in [1.165, 1.54) is 18.0 Å². The second-order valence-corrected chi connectivity index (χ2v) is 6.59. The van der Waals surface area contributed by atoms with Gasteiger partial charge in [-0.25, -0.2) is 4.79 Å². The first-order valence-corrected chi connectivity index (χ1v) is 7.46. The van der Waals surface area contributed by atoms with Crippen molar-refractivity contribution in [3.63, 3.8) is 0 Å². The molecule has 0 amide bonds. The molecule has 11 heteroatoms. The van der Waals surface area contributed by atoms with E-state index in [4.69, 9.17) is 10.3 Å². The van der Waals surface area contributed by atoms with Crippen molar-refractivity contribution in [2.75, 3.05) is 12.4 Å². The summed E-state index contributed by atoms with van der Waals surface area (Å²) in [5, 5.41) is 23.5. The van der Waals surface area contributed by atoms with Gasteiger partial charge >= 0.3 is 5.69 Å². The van der Waals surface area contributed by atoms with Gasteiger partial charge in [-0.15, -0.1) is 11.8 Å². The van der Waals surface area contributed by atoms with Crippen molar-refractivity contribution in [1.29, 1.82) is 0 Å². The van der Waals surface area contributed by atoms with Crippen LogP contribution in [0.25, 0.3) is 10.4 Å². The molecule has 4 atom stereocenters. The number of H-pyrrole nitrogens is 1. The Balaban J connectivity index is 2.13. The zero-order valence-corrected chi connectivity index (χ0v) is 12.1. The fourth-order valence-electron chi connectivity index (χ4n) is 2.84. The number of nitrogens with one attached hydrogen (secondary N) is 1. The number of aliphatic hydroxyl groups is 2. The van der Waals surface area contributed by atoms with Crippen molar-refractivity contribution in [2.45, 2.75) is 29.2 Å². The molecule has 118 valence electrons. The van der Waals surface area contributed by atoms with E-state index in [0.29, 0.717) is 6.42 Å². The summed E-state index contributed by atoms with van der Waals surface area (Å²) in [6.45, 7) is -0.727. The largest absolute Gasteiger partial charge is 0.393 e. The molecule has 1 aromatic rings. The van der Waals surface area contributed by atoms with Crippen LogP contribution in [0.1, 0.15) is 12.6 Å². The average Bonchev–Trinajstić information content (AvgIpc) is 2.69. The second kappa shape index (κ2) is 5.14. The molecule has 0 aliphatic carbocycles.